The van der Waals surface area contributed by atoms with E-state index < -0.39 is 5.92 Å². The number of hydrogen-bond acceptors (Lipinski definition) is 4. The quantitative estimate of drug-likeness (QED) is 0.413. The van der Waals surface area contributed by atoms with Crippen LogP contribution in [0.15, 0.2) is 53.3 Å². The van der Waals surface area contributed by atoms with Crippen LogP contribution in [0.4, 0.5) is 14.5 Å². The molecule has 0 amide bonds. The molecule has 1 saturated heterocycles. The normalized spacial score (nSPS) is 16.9. The van der Waals surface area contributed by atoms with Gasteiger partial charge >= 0.3 is 0 Å². The molecule has 1 aliphatic heterocycles. The standard InChI is InChI=1S/C22H29F2N5/c1-4-6-20(27-19-9-7-18(8-10-19)22(3,23)24)21(26-12-5-2)29-16-14-28(13-11-25)15-17-29/h5-10,12,27H,4,13-17H2,1-3H3/b12-5-,20-6-,26-21-. The molecule has 0 aliphatic carbocycles. The molecule has 2 rings (SSSR count). The third-order valence-corrected chi connectivity index (χ3v) is 4.63. The number of anilines is 1. The highest BCUT2D eigenvalue weighted by atomic mass is 19.3. The predicted molar refractivity (Wildman–Crippen MR) is 114 cm³/mol. The number of halogens is 2. The van der Waals surface area contributed by atoms with E-state index in [-0.39, 0.29) is 5.56 Å². The Morgan fingerprint density at radius 3 is 2.41 bits per heavy atom. The number of aliphatic imine (C=N–C) groups is 1. The second kappa shape index (κ2) is 10.7. The largest absolute Gasteiger partial charge is 0.353 e. The molecule has 1 heterocycles. The van der Waals surface area contributed by atoms with Crippen molar-refractivity contribution < 1.29 is 8.78 Å². The third-order valence-electron chi connectivity index (χ3n) is 4.63. The number of piperazine rings is 1. The average molecular weight is 402 g/mol. The zero-order chi connectivity index (χ0) is 21.3. The summed E-state index contributed by atoms with van der Waals surface area (Å²) in [6.45, 7) is 8.39. The van der Waals surface area contributed by atoms with Crippen molar-refractivity contribution in [2.45, 2.75) is 33.1 Å². The van der Waals surface area contributed by atoms with Gasteiger partial charge in [-0.2, -0.15) is 5.26 Å². The number of nitrogens with zero attached hydrogens (tertiary/aromatic N) is 4. The minimum atomic E-state index is -2.86. The van der Waals surface area contributed by atoms with Crippen molar-refractivity contribution in [3.63, 3.8) is 0 Å². The lowest BCUT2D eigenvalue weighted by molar-refractivity contribution is 0.0175. The molecular weight excluding hydrogens is 372 g/mol. The van der Waals surface area contributed by atoms with Crippen molar-refractivity contribution in [3.05, 3.63) is 53.9 Å². The summed E-state index contributed by atoms with van der Waals surface area (Å²) < 4.78 is 27.0. The van der Waals surface area contributed by atoms with Gasteiger partial charge in [-0.15, -0.1) is 0 Å². The molecule has 1 N–H and O–H groups in total. The second-order valence-corrected chi connectivity index (χ2v) is 6.97. The number of alkyl halides is 2. The van der Waals surface area contributed by atoms with Crippen LogP contribution in [0.1, 0.15) is 32.8 Å². The summed E-state index contributed by atoms with van der Waals surface area (Å²) in [5, 5.41) is 12.2. The summed E-state index contributed by atoms with van der Waals surface area (Å²) >= 11 is 0. The van der Waals surface area contributed by atoms with Crippen LogP contribution in [0.5, 0.6) is 0 Å². The van der Waals surface area contributed by atoms with Crippen LogP contribution in [0.2, 0.25) is 0 Å². The first-order valence-electron chi connectivity index (χ1n) is 9.88. The lowest BCUT2D eigenvalue weighted by atomic mass is 10.1. The fourth-order valence-electron chi connectivity index (χ4n) is 3.09. The van der Waals surface area contributed by atoms with Crippen LogP contribution < -0.4 is 5.32 Å². The van der Waals surface area contributed by atoms with Gasteiger partial charge in [0.1, 0.15) is 0 Å². The first-order chi connectivity index (χ1) is 13.9. The van der Waals surface area contributed by atoms with Gasteiger partial charge < -0.3 is 10.2 Å². The Kier molecular flexibility index (Phi) is 8.34. The Balaban J connectivity index is 2.22. The van der Waals surface area contributed by atoms with Gasteiger partial charge in [-0.3, -0.25) is 4.90 Å². The molecular formula is C22H29F2N5. The number of nitrogens with one attached hydrogen (secondary N) is 1. The molecule has 0 atom stereocenters. The molecule has 0 saturated carbocycles. The van der Waals surface area contributed by atoms with E-state index in [9.17, 15) is 8.78 Å². The van der Waals surface area contributed by atoms with Crippen LogP contribution in [-0.4, -0.2) is 48.4 Å². The Morgan fingerprint density at radius 2 is 1.90 bits per heavy atom. The number of rotatable bonds is 7. The molecule has 7 heteroatoms. The van der Waals surface area contributed by atoms with Crippen molar-refractivity contribution in [1.82, 2.24) is 9.80 Å². The lowest BCUT2D eigenvalue weighted by Crippen LogP contribution is -2.49. The minimum Gasteiger partial charge on any atom is -0.353 e. The van der Waals surface area contributed by atoms with Gasteiger partial charge in [0.25, 0.3) is 5.92 Å². The Hall–Kier alpha value is -2.72. The summed E-state index contributed by atoms with van der Waals surface area (Å²) in [5.74, 6) is -2.05. The molecule has 29 heavy (non-hydrogen) atoms. The SMILES string of the molecule is C\C=C/N=C(/C(=C/CC)Nc1ccc(C(C)(F)F)cc1)N1CCN(CC#N)CC1. The van der Waals surface area contributed by atoms with E-state index in [1.165, 1.54) is 12.1 Å². The number of benzene rings is 1. The van der Waals surface area contributed by atoms with Gasteiger partial charge in [-0.1, -0.05) is 31.2 Å². The van der Waals surface area contributed by atoms with Crippen molar-refractivity contribution in [2.75, 3.05) is 38.0 Å². The number of amidine groups is 1. The third kappa shape index (κ3) is 6.68. The molecule has 156 valence electrons. The maximum absolute atomic E-state index is 13.5. The van der Waals surface area contributed by atoms with Gasteiger partial charge in [0, 0.05) is 50.6 Å². The van der Waals surface area contributed by atoms with Gasteiger partial charge in [-0.05, 0) is 25.5 Å². The zero-order valence-corrected chi connectivity index (χ0v) is 17.3. The highest BCUT2D eigenvalue weighted by Crippen LogP contribution is 2.28. The molecule has 5 nitrogen and oxygen atoms in total. The van der Waals surface area contributed by atoms with Gasteiger partial charge in [0.15, 0.2) is 5.84 Å². The van der Waals surface area contributed by atoms with Gasteiger partial charge in [0.05, 0.1) is 18.3 Å². The fourth-order valence-corrected chi connectivity index (χ4v) is 3.09. The van der Waals surface area contributed by atoms with Crippen LogP contribution in [0.3, 0.4) is 0 Å². The predicted octanol–water partition coefficient (Wildman–Crippen LogP) is 4.58. The minimum absolute atomic E-state index is 0.0134. The van der Waals surface area contributed by atoms with E-state index in [0.29, 0.717) is 6.54 Å². The summed E-state index contributed by atoms with van der Waals surface area (Å²) in [7, 11) is 0. The first-order valence-corrected chi connectivity index (χ1v) is 9.88. The molecule has 0 bridgehead atoms. The average Bonchev–Trinajstić information content (AvgIpc) is 2.69. The van der Waals surface area contributed by atoms with E-state index in [0.717, 1.165) is 56.7 Å². The number of nitriles is 1. The molecule has 1 aromatic carbocycles. The Bertz CT molecular complexity index is 777. The summed E-state index contributed by atoms with van der Waals surface area (Å²) in [4.78, 5) is 8.94. The fraction of sp³-hybridized carbons (Fsp3) is 0.455. The van der Waals surface area contributed by atoms with Crippen molar-refractivity contribution in [1.29, 1.82) is 5.26 Å². The molecule has 1 fully saturated rings. The number of allylic oxidation sites excluding steroid dienone is 2. The van der Waals surface area contributed by atoms with E-state index in [4.69, 9.17) is 5.26 Å². The van der Waals surface area contributed by atoms with E-state index in [1.54, 1.807) is 18.3 Å². The first kappa shape index (κ1) is 22.6. The maximum Gasteiger partial charge on any atom is 0.270 e. The topological polar surface area (TPSA) is 54.7 Å². The smallest absolute Gasteiger partial charge is 0.270 e. The van der Waals surface area contributed by atoms with Gasteiger partial charge in [-0.25, -0.2) is 13.8 Å². The van der Waals surface area contributed by atoms with Crippen molar-refractivity contribution in [2.24, 2.45) is 4.99 Å². The summed E-state index contributed by atoms with van der Waals surface area (Å²) in [5.41, 5.74) is 1.56. The van der Waals surface area contributed by atoms with Crippen LogP contribution >= 0.6 is 0 Å². The van der Waals surface area contributed by atoms with Gasteiger partial charge in [0.2, 0.25) is 0 Å². The Labute approximate surface area is 172 Å². The molecule has 0 spiro atoms. The molecule has 0 unspecified atom stereocenters. The summed E-state index contributed by atoms with van der Waals surface area (Å²) in [6.07, 6.45) is 6.47. The zero-order valence-electron chi connectivity index (χ0n) is 17.3. The van der Waals surface area contributed by atoms with Crippen molar-refractivity contribution >= 4 is 11.5 Å². The second-order valence-electron chi connectivity index (χ2n) is 6.97. The van der Waals surface area contributed by atoms with E-state index in [2.05, 4.69) is 26.2 Å². The molecule has 0 radical (unpaired) electrons. The van der Waals surface area contributed by atoms with E-state index in [1.807, 2.05) is 26.0 Å². The number of hydrogen-bond donors (Lipinski definition) is 1. The highest BCUT2D eigenvalue weighted by molar-refractivity contribution is 6.01. The monoisotopic (exact) mass is 401 g/mol. The molecule has 1 aromatic rings. The molecule has 0 aromatic heterocycles. The van der Waals surface area contributed by atoms with E-state index >= 15 is 0 Å². The Morgan fingerprint density at radius 1 is 1.24 bits per heavy atom. The maximum atomic E-state index is 13.5. The van der Waals surface area contributed by atoms with Crippen LogP contribution in [-0.2, 0) is 5.92 Å². The van der Waals surface area contributed by atoms with Crippen LogP contribution in [0, 0.1) is 11.3 Å². The highest BCUT2D eigenvalue weighted by Gasteiger charge is 2.24. The van der Waals surface area contributed by atoms with Crippen LogP contribution in [0.25, 0.3) is 0 Å². The lowest BCUT2D eigenvalue weighted by Gasteiger charge is -2.36. The van der Waals surface area contributed by atoms with Crippen molar-refractivity contribution in [3.8, 4) is 6.07 Å². The summed E-state index contributed by atoms with van der Waals surface area (Å²) in [6, 6.07) is 8.40. The molecule has 1 aliphatic rings.